The Balaban J connectivity index is 1.69. The van der Waals surface area contributed by atoms with E-state index in [2.05, 4.69) is 15.2 Å². The molecule has 0 saturated carbocycles. The van der Waals surface area contributed by atoms with Crippen molar-refractivity contribution in [1.29, 1.82) is 0 Å². The van der Waals surface area contributed by atoms with Gasteiger partial charge in [0.15, 0.2) is 0 Å². The fourth-order valence-corrected chi connectivity index (χ4v) is 5.78. The van der Waals surface area contributed by atoms with Gasteiger partial charge >= 0.3 is 0 Å². The maximum absolute atomic E-state index is 14.6. The van der Waals surface area contributed by atoms with Crippen LogP contribution in [0.25, 0.3) is 22.4 Å². The van der Waals surface area contributed by atoms with Crippen molar-refractivity contribution in [1.82, 2.24) is 10.3 Å². The molecule has 5 rings (SSSR count). The molecule has 6 nitrogen and oxygen atoms in total. The molecule has 0 radical (unpaired) electrons. The first-order valence-corrected chi connectivity index (χ1v) is 11.7. The predicted molar refractivity (Wildman–Crippen MR) is 127 cm³/mol. The highest BCUT2D eigenvalue weighted by Crippen LogP contribution is 2.46. The van der Waals surface area contributed by atoms with Crippen molar-refractivity contribution in [2.24, 2.45) is 0 Å². The number of thiophene rings is 1. The molecule has 1 N–H and O–H groups in total. The Morgan fingerprint density at radius 2 is 2.00 bits per heavy atom. The zero-order valence-corrected chi connectivity index (χ0v) is 19.3. The highest BCUT2D eigenvalue weighted by molar-refractivity contribution is 7.19. The van der Waals surface area contributed by atoms with Crippen LogP contribution in [0.3, 0.4) is 0 Å². The first-order chi connectivity index (χ1) is 15.9. The van der Waals surface area contributed by atoms with E-state index in [9.17, 15) is 14.0 Å². The summed E-state index contributed by atoms with van der Waals surface area (Å²) in [6.45, 7) is 6.77. The topological polar surface area (TPSA) is 71.5 Å². The number of aldehydes is 1. The van der Waals surface area contributed by atoms with E-state index in [-0.39, 0.29) is 17.0 Å². The number of benzene rings is 1. The number of hydrogen-bond donors (Lipinski definition) is 1. The van der Waals surface area contributed by atoms with Crippen molar-refractivity contribution < 1.29 is 18.7 Å². The Morgan fingerprint density at radius 3 is 2.76 bits per heavy atom. The van der Waals surface area contributed by atoms with Gasteiger partial charge in [-0.3, -0.25) is 14.6 Å². The van der Waals surface area contributed by atoms with Crippen molar-refractivity contribution in [3.8, 4) is 22.4 Å². The normalized spacial score (nSPS) is 17.4. The lowest BCUT2D eigenvalue weighted by Gasteiger charge is -2.31. The molecule has 2 aliphatic rings. The van der Waals surface area contributed by atoms with Gasteiger partial charge < -0.3 is 15.0 Å². The number of ether oxygens (including phenoxy) is 1. The third-order valence-electron chi connectivity index (χ3n) is 6.01. The molecule has 1 fully saturated rings. The summed E-state index contributed by atoms with van der Waals surface area (Å²) in [5, 5.41) is 4.12. The number of amides is 1. The van der Waals surface area contributed by atoms with Crippen LogP contribution in [0.2, 0.25) is 0 Å². The number of aromatic nitrogens is 1. The predicted octanol–water partition coefficient (Wildman–Crippen LogP) is 4.33. The van der Waals surface area contributed by atoms with Crippen molar-refractivity contribution in [2.45, 2.75) is 25.8 Å². The molecule has 0 unspecified atom stereocenters. The number of pyridine rings is 1. The average molecular weight is 466 g/mol. The molecule has 170 valence electrons. The van der Waals surface area contributed by atoms with E-state index in [1.54, 1.807) is 6.20 Å². The largest absolute Gasteiger partial charge is 0.378 e. The summed E-state index contributed by atoms with van der Waals surface area (Å²) in [5.74, 6) is -0.502. The van der Waals surface area contributed by atoms with Gasteiger partial charge in [0, 0.05) is 41.5 Å². The Morgan fingerprint density at radius 1 is 1.21 bits per heavy atom. The molecular formula is C25H24FN3O3S. The fraction of sp³-hybridized carbons (Fsp3) is 0.320. The molecule has 0 atom stereocenters. The zero-order valence-electron chi connectivity index (χ0n) is 18.5. The van der Waals surface area contributed by atoms with Gasteiger partial charge in [0.05, 0.1) is 23.8 Å². The fourth-order valence-electron chi connectivity index (χ4n) is 4.49. The molecule has 1 aromatic carbocycles. The maximum atomic E-state index is 14.6. The van der Waals surface area contributed by atoms with Crippen LogP contribution in [0.5, 0.6) is 0 Å². The minimum Gasteiger partial charge on any atom is -0.378 e. The molecule has 1 amide bonds. The lowest BCUT2D eigenvalue weighted by atomic mass is 9.87. The molecule has 2 aromatic heterocycles. The Bertz CT molecular complexity index is 1250. The molecule has 3 aromatic rings. The van der Waals surface area contributed by atoms with Gasteiger partial charge in [0.1, 0.15) is 17.1 Å². The van der Waals surface area contributed by atoms with Crippen LogP contribution in [-0.2, 0) is 11.2 Å². The second kappa shape index (κ2) is 8.35. The summed E-state index contributed by atoms with van der Waals surface area (Å²) in [6.07, 6.45) is 3.04. The van der Waals surface area contributed by atoms with Gasteiger partial charge in [-0.1, -0.05) is 0 Å². The summed E-state index contributed by atoms with van der Waals surface area (Å²) in [4.78, 5) is 31.5. The lowest BCUT2D eigenvalue weighted by molar-refractivity contribution is 0.0902. The number of halogens is 1. The smallest absolute Gasteiger partial charge is 0.262 e. The van der Waals surface area contributed by atoms with Gasteiger partial charge in [-0.15, -0.1) is 11.3 Å². The quantitative estimate of drug-likeness (QED) is 0.581. The van der Waals surface area contributed by atoms with Crippen LogP contribution in [0.15, 0.2) is 36.5 Å². The number of rotatable bonds is 4. The molecular weight excluding hydrogens is 441 g/mol. The SMILES string of the molecule is CC1(C)Cc2c(sc(N3CCOCC3)c2-c2ccnc(-c3cc(C=O)ccc3F)c2)C(=O)N1. The number of anilines is 1. The second-order valence-electron chi connectivity index (χ2n) is 8.99. The lowest BCUT2D eigenvalue weighted by Crippen LogP contribution is -2.48. The van der Waals surface area contributed by atoms with Crippen molar-refractivity contribution >= 4 is 28.5 Å². The summed E-state index contributed by atoms with van der Waals surface area (Å²) in [5.41, 5.74) is 3.62. The Kier molecular flexibility index (Phi) is 5.50. The Labute approximate surface area is 195 Å². The number of fused-ring (bicyclic) bond motifs is 1. The molecule has 0 bridgehead atoms. The molecule has 0 spiro atoms. The van der Waals surface area contributed by atoms with E-state index in [1.807, 2.05) is 26.0 Å². The molecule has 1 saturated heterocycles. The van der Waals surface area contributed by atoms with Gasteiger partial charge in [-0.2, -0.15) is 0 Å². The third kappa shape index (κ3) is 4.05. The highest BCUT2D eigenvalue weighted by Gasteiger charge is 2.36. The van der Waals surface area contributed by atoms with E-state index >= 15 is 0 Å². The summed E-state index contributed by atoms with van der Waals surface area (Å²) in [6, 6.07) is 7.99. The van der Waals surface area contributed by atoms with E-state index in [0.717, 1.165) is 39.7 Å². The van der Waals surface area contributed by atoms with Crippen LogP contribution in [-0.4, -0.2) is 49.0 Å². The van der Waals surface area contributed by atoms with Gasteiger partial charge in [0.2, 0.25) is 0 Å². The van der Waals surface area contributed by atoms with Gasteiger partial charge in [-0.05, 0) is 61.7 Å². The van der Waals surface area contributed by atoms with Crippen LogP contribution in [0.1, 0.15) is 39.4 Å². The van der Waals surface area contributed by atoms with E-state index < -0.39 is 5.82 Å². The van der Waals surface area contributed by atoms with Crippen LogP contribution >= 0.6 is 11.3 Å². The molecule has 0 aliphatic carbocycles. The third-order valence-corrected chi connectivity index (χ3v) is 7.31. The standard InChI is InChI=1S/C25H24FN3O3S/c1-25(2)13-18-21(24(29-7-9-32-10-8-29)33-22(18)23(31)28-25)16-5-6-27-20(12-16)17-11-15(14-30)3-4-19(17)26/h3-6,11-12,14H,7-10,13H2,1-2H3,(H,28,31). The number of nitrogens with one attached hydrogen (secondary N) is 1. The van der Waals surface area contributed by atoms with E-state index in [1.165, 1.54) is 29.5 Å². The number of nitrogens with zero attached hydrogens (tertiary/aromatic N) is 2. The second-order valence-corrected chi connectivity index (χ2v) is 9.99. The zero-order chi connectivity index (χ0) is 23.2. The van der Waals surface area contributed by atoms with Crippen LogP contribution < -0.4 is 10.2 Å². The summed E-state index contributed by atoms with van der Waals surface area (Å²) < 4.78 is 20.2. The number of carbonyl (C=O) groups is 2. The summed E-state index contributed by atoms with van der Waals surface area (Å²) in [7, 11) is 0. The maximum Gasteiger partial charge on any atom is 0.262 e. The monoisotopic (exact) mass is 465 g/mol. The molecule has 8 heteroatoms. The number of morpholine rings is 1. The van der Waals surface area contributed by atoms with Gasteiger partial charge in [0.25, 0.3) is 5.91 Å². The first kappa shape index (κ1) is 21.7. The van der Waals surface area contributed by atoms with Crippen molar-refractivity contribution in [3.63, 3.8) is 0 Å². The average Bonchev–Trinajstić information content (AvgIpc) is 3.19. The summed E-state index contributed by atoms with van der Waals surface area (Å²) >= 11 is 1.50. The highest BCUT2D eigenvalue weighted by atomic mass is 32.1. The minimum atomic E-state index is -0.438. The van der Waals surface area contributed by atoms with Crippen molar-refractivity contribution in [3.05, 3.63) is 58.3 Å². The number of hydrogen-bond acceptors (Lipinski definition) is 6. The first-order valence-electron chi connectivity index (χ1n) is 10.9. The molecule has 33 heavy (non-hydrogen) atoms. The van der Waals surface area contributed by atoms with Gasteiger partial charge in [-0.25, -0.2) is 4.39 Å². The van der Waals surface area contributed by atoms with Crippen molar-refractivity contribution in [2.75, 3.05) is 31.2 Å². The Hall–Kier alpha value is -3.10. The number of carbonyl (C=O) groups excluding carboxylic acids is 2. The molecule has 2 aliphatic heterocycles. The van der Waals surface area contributed by atoms with E-state index in [4.69, 9.17) is 4.74 Å². The van der Waals surface area contributed by atoms with Crippen LogP contribution in [0.4, 0.5) is 9.39 Å². The van der Waals surface area contributed by atoms with Crippen LogP contribution in [0, 0.1) is 5.82 Å². The van der Waals surface area contributed by atoms with E-state index in [0.29, 0.717) is 37.2 Å². The molecule has 4 heterocycles. The minimum absolute atomic E-state index is 0.0639.